The van der Waals surface area contributed by atoms with Crippen LogP contribution in [-0.2, 0) is 22.6 Å². The number of hydrogen-bond donors (Lipinski definition) is 1. The Morgan fingerprint density at radius 3 is 2.94 bits per heavy atom. The minimum Gasteiger partial charge on any atom is -0.465 e. The number of halogens is 1. The predicted octanol–water partition coefficient (Wildman–Crippen LogP) is 2.32. The SMILES string of the molecule is CCOC(=O)Cn1cc(CN)c2ccc(Cl)cc21. The van der Waals surface area contributed by atoms with Crippen LogP contribution in [0.5, 0.6) is 0 Å². The first-order valence-electron chi connectivity index (χ1n) is 5.78. The van der Waals surface area contributed by atoms with Crippen LogP contribution in [0.3, 0.4) is 0 Å². The van der Waals surface area contributed by atoms with Gasteiger partial charge in [-0.15, -0.1) is 0 Å². The molecule has 0 unspecified atom stereocenters. The largest absolute Gasteiger partial charge is 0.465 e. The molecule has 4 nitrogen and oxygen atoms in total. The summed E-state index contributed by atoms with van der Waals surface area (Å²) in [6.45, 7) is 2.76. The van der Waals surface area contributed by atoms with Crippen molar-refractivity contribution in [3.63, 3.8) is 0 Å². The number of fused-ring (bicyclic) bond motifs is 1. The van der Waals surface area contributed by atoms with Gasteiger partial charge in [0.05, 0.1) is 12.1 Å². The lowest BCUT2D eigenvalue weighted by atomic mass is 10.2. The van der Waals surface area contributed by atoms with Crippen molar-refractivity contribution in [1.29, 1.82) is 0 Å². The Balaban J connectivity index is 2.43. The molecule has 96 valence electrons. The van der Waals surface area contributed by atoms with E-state index in [1.165, 1.54) is 0 Å². The Kier molecular flexibility index (Phi) is 3.89. The zero-order chi connectivity index (χ0) is 13.1. The van der Waals surface area contributed by atoms with Gasteiger partial charge in [-0.2, -0.15) is 0 Å². The highest BCUT2D eigenvalue weighted by Crippen LogP contribution is 2.24. The van der Waals surface area contributed by atoms with E-state index in [1.807, 2.05) is 29.0 Å². The van der Waals surface area contributed by atoms with Crippen molar-refractivity contribution in [3.8, 4) is 0 Å². The topological polar surface area (TPSA) is 57.2 Å². The van der Waals surface area contributed by atoms with Crippen LogP contribution in [-0.4, -0.2) is 17.1 Å². The van der Waals surface area contributed by atoms with Crippen LogP contribution in [0.2, 0.25) is 5.02 Å². The third-order valence-electron chi connectivity index (χ3n) is 2.75. The van der Waals surface area contributed by atoms with Gasteiger partial charge in [-0.3, -0.25) is 4.79 Å². The molecule has 0 aliphatic rings. The molecule has 2 rings (SSSR count). The van der Waals surface area contributed by atoms with E-state index in [2.05, 4.69) is 0 Å². The number of esters is 1. The first-order valence-corrected chi connectivity index (χ1v) is 6.16. The molecule has 18 heavy (non-hydrogen) atoms. The van der Waals surface area contributed by atoms with Gasteiger partial charge in [0.1, 0.15) is 6.54 Å². The van der Waals surface area contributed by atoms with E-state index in [0.29, 0.717) is 18.2 Å². The van der Waals surface area contributed by atoms with Crippen LogP contribution < -0.4 is 5.73 Å². The normalized spacial score (nSPS) is 10.8. The maximum Gasteiger partial charge on any atom is 0.325 e. The van der Waals surface area contributed by atoms with Crippen molar-refractivity contribution in [1.82, 2.24) is 4.57 Å². The molecule has 0 aliphatic carbocycles. The molecule has 1 aromatic heterocycles. The summed E-state index contributed by atoms with van der Waals surface area (Å²) in [5.41, 5.74) is 7.58. The molecule has 0 fully saturated rings. The fraction of sp³-hybridized carbons (Fsp3) is 0.308. The van der Waals surface area contributed by atoms with Gasteiger partial charge in [-0.05, 0) is 24.6 Å². The molecular weight excluding hydrogens is 252 g/mol. The molecule has 5 heteroatoms. The van der Waals surface area contributed by atoms with Gasteiger partial charge in [0.2, 0.25) is 0 Å². The molecule has 2 N–H and O–H groups in total. The quantitative estimate of drug-likeness (QED) is 0.864. The van der Waals surface area contributed by atoms with E-state index in [4.69, 9.17) is 22.1 Å². The number of carbonyl (C=O) groups is 1. The average molecular weight is 267 g/mol. The summed E-state index contributed by atoms with van der Waals surface area (Å²) >= 11 is 5.98. The summed E-state index contributed by atoms with van der Waals surface area (Å²) in [6.07, 6.45) is 1.87. The lowest BCUT2D eigenvalue weighted by Crippen LogP contribution is -2.12. The molecular formula is C13H15ClN2O2. The summed E-state index contributed by atoms with van der Waals surface area (Å²) in [5, 5.41) is 1.65. The lowest BCUT2D eigenvalue weighted by Gasteiger charge is -2.05. The third-order valence-corrected chi connectivity index (χ3v) is 2.99. The fourth-order valence-corrected chi connectivity index (χ4v) is 2.15. The maximum atomic E-state index is 11.5. The van der Waals surface area contributed by atoms with Crippen LogP contribution in [0.4, 0.5) is 0 Å². The number of hydrogen-bond acceptors (Lipinski definition) is 3. The van der Waals surface area contributed by atoms with Gasteiger partial charge in [0.25, 0.3) is 0 Å². The Bertz CT molecular complexity index is 578. The van der Waals surface area contributed by atoms with Gasteiger partial charge in [-0.1, -0.05) is 17.7 Å². The minimum atomic E-state index is -0.266. The highest BCUT2D eigenvalue weighted by Gasteiger charge is 2.11. The smallest absolute Gasteiger partial charge is 0.325 e. The number of carbonyl (C=O) groups excluding carboxylic acids is 1. The minimum absolute atomic E-state index is 0.171. The van der Waals surface area contributed by atoms with Crippen LogP contribution in [0.1, 0.15) is 12.5 Å². The van der Waals surface area contributed by atoms with E-state index in [-0.39, 0.29) is 12.5 Å². The van der Waals surface area contributed by atoms with Crippen molar-refractivity contribution in [2.45, 2.75) is 20.0 Å². The third kappa shape index (κ3) is 2.49. The molecule has 1 heterocycles. The van der Waals surface area contributed by atoms with E-state index >= 15 is 0 Å². The van der Waals surface area contributed by atoms with Gasteiger partial charge in [0, 0.05) is 23.2 Å². The Morgan fingerprint density at radius 1 is 1.50 bits per heavy atom. The molecule has 1 aromatic carbocycles. The number of ether oxygens (including phenoxy) is 1. The highest BCUT2D eigenvalue weighted by atomic mass is 35.5. The molecule has 0 bridgehead atoms. The first-order chi connectivity index (χ1) is 8.65. The van der Waals surface area contributed by atoms with Gasteiger partial charge in [0.15, 0.2) is 0 Å². The second-order valence-electron chi connectivity index (χ2n) is 3.95. The molecule has 0 radical (unpaired) electrons. The Hall–Kier alpha value is -1.52. The van der Waals surface area contributed by atoms with E-state index in [0.717, 1.165) is 16.5 Å². The van der Waals surface area contributed by atoms with Gasteiger partial charge >= 0.3 is 5.97 Å². The second kappa shape index (κ2) is 5.42. The highest BCUT2D eigenvalue weighted by molar-refractivity contribution is 6.31. The molecule has 0 atom stereocenters. The number of rotatable bonds is 4. The predicted molar refractivity (Wildman–Crippen MR) is 71.5 cm³/mol. The summed E-state index contributed by atoms with van der Waals surface area (Å²) in [5.74, 6) is -0.266. The maximum absolute atomic E-state index is 11.5. The van der Waals surface area contributed by atoms with Gasteiger partial charge < -0.3 is 15.0 Å². The number of nitrogens with two attached hydrogens (primary N) is 1. The van der Waals surface area contributed by atoms with E-state index in [1.54, 1.807) is 6.92 Å². The summed E-state index contributed by atoms with van der Waals surface area (Å²) in [7, 11) is 0. The average Bonchev–Trinajstić information content (AvgIpc) is 2.67. The van der Waals surface area contributed by atoms with Crippen molar-refractivity contribution in [2.24, 2.45) is 5.73 Å². The van der Waals surface area contributed by atoms with Gasteiger partial charge in [-0.25, -0.2) is 0 Å². The molecule has 0 amide bonds. The zero-order valence-corrected chi connectivity index (χ0v) is 10.9. The summed E-state index contributed by atoms with van der Waals surface area (Å²) in [4.78, 5) is 11.5. The molecule has 0 spiro atoms. The molecule has 0 saturated carbocycles. The monoisotopic (exact) mass is 266 g/mol. The van der Waals surface area contributed by atoms with Crippen LogP contribution in [0, 0.1) is 0 Å². The van der Waals surface area contributed by atoms with E-state index in [9.17, 15) is 4.79 Å². The van der Waals surface area contributed by atoms with Crippen molar-refractivity contribution >= 4 is 28.5 Å². The Labute approximate surface area is 110 Å². The Morgan fingerprint density at radius 2 is 2.28 bits per heavy atom. The molecule has 0 aliphatic heterocycles. The van der Waals surface area contributed by atoms with Crippen LogP contribution in [0.25, 0.3) is 10.9 Å². The molecule has 0 saturated heterocycles. The number of nitrogens with zero attached hydrogens (tertiary/aromatic N) is 1. The lowest BCUT2D eigenvalue weighted by molar-refractivity contribution is -0.143. The van der Waals surface area contributed by atoms with Crippen molar-refractivity contribution < 1.29 is 9.53 Å². The molecule has 2 aromatic rings. The van der Waals surface area contributed by atoms with Crippen LogP contribution >= 0.6 is 11.6 Å². The van der Waals surface area contributed by atoms with Crippen molar-refractivity contribution in [2.75, 3.05) is 6.61 Å². The zero-order valence-electron chi connectivity index (χ0n) is 10.1. The second-order valence-corrected chi connectivity index (χ2v) is 4.39. The number of aromatic nitrogens is 1. The standard InChI is InChI=1S/C13H15ClN2O2/c1-2-18-13(17)8-16-7-9(6-15)11-4-3-10(14)5-12(11)16/h3-5,7H,2,6,8,15H2,1H3. The van der Waals surface area contributed by atoms with Crippen molar-refractivity contribution in [3.05, 3.63) is 35.0 Å². The fourth-order valence-electron chi connectivity index (χ4n) is 1.98. The summed E-state index contributed by atoms with van der Waals surface area (Å²) in [6, 6.07) is 5.56. The first kappa shape index (κ1) is 12.9. The number of benzene rings is 1. The van der Waals surface area contributed by atoms with Crippen LogP contribution in [0.15, 0.2) is 24.4 Å². The van der Waals surface area contributed by atoms with E-state index < -0.39 is 0 Å². The summed E-state index contributed by atoms with van der Waals surface area (Å²) < 4.78 is 6.76.